The monoisotopic (exact) mass is 324 g/mol. The summed E-state index contributed by atoms with van der Waals surface area (Å²) in [7, 11) is 0. The largest absolute Gasteiger partial charge is 0.481 e. The van der Waals surface area contributed by atoms with Crippen molar-refractivity contribution < 1.29 is 14.3 Å². The molecule has 0 radical (unpaired) electrons. The number of benzene rings is 1. The number of nitrogens with zero attached hydrogens (tertiary/aromatic N) is 1. The summed E-state index contributed by atoms with van der Waals surface area (Å²) in [6.07, 6.45) is 0.0887. The fraction of sp³-hybridized carbons (Fsp3) is 0.357. The second-order valence-electron chi connectivity index (χ2n) is 4.79. The average Bonchev–Trinajstić information content (AvgIpc) is 2.81. The number of aliphatic carboxylic acids is 1. The number of hydrogen-bond donors (Lipinski definition) is 2. The van der Waals surface area contributed by atoms with Crippen molar-refractivity contribution in [3.8, 4) is 0 Å². The van der Waals surface area contributed by atoms with Gasteiger partial charge in [0.15, 0.2) is 11.5 Å². The van der Waals surface area contributed by atoms with Crippen molar-refractivity contribution in [2.75, 3.05) is 11.1 Å². The molecular formula is C14H16N2O3S2. The lowest BCUT2D eigenvalue weighted by molar-refractivity contribution is -0.136. The number of oxazole rings is 1. The van der Waals surface area contributed by atoms with Gasteiger partial charge in [-0.25, -0.2) is 4.98 Å². The molecule has 1 aromatic heterocycles. The SMILES string of the molecule is CC(C)c1nc2ccc(NC(=S)SCCC(=O)O)cc2o1. The molecular weight excluding hydrogens is 308 g/mol. The smallest absolute Gasteiger partial charge is 0.304 e. The molecule has 0 aliphatic carbocycles. The Bertz CT molecular complexity index is 667. The van der Waals surface area contributed by atoms with Crippen molar-refractivity contribution in [3.63, 3.8) is 0 Å². The number of anilines is 1. The van der Waals surface area contributed by atoms with Crippen LogP contribution in [0.25, 0.3) is 11.1 Å². The van der Waals surface area contributed by atoms with E-state index in [1.165, 1.54) is 11.8 Å². The zero-order valence-electron chi connectivity index (χ0n) is 11.8. The highest BCUT2D eigenvalue weighted by molar-refractivity contribution is 8.23. The van der Waals surface area contributed by atoms with E-state index in [4.69, 9.17) is 21.7 Å². The van der Waals surface area contributed by atoms with Gasteiger partial charge in [0.2, 0.25) is 0 Å². The van der Waals surface area contributed by atoms with E-state index in [1.807, 2.05) is 32.0 Å². The highest BCUT2D eigenvalue weighted by Gasteiger charge is 2.10. The molecule has 112 valence electrons. The number of nitrogens with one attached hydrogen (secondary N) is 1. The van der Waals surface area contributed by atoms with Crippen molar-refractivity contribution in [3.05, 3.63) is 24.1 Å². The van der Waals surface area contributed by atoms with Crippen LogP contribution < -0.4 is 5.32 Å². The molecule has 0 bridgehead atoms. The van der Waals surface area contributed by atoms with Crippen LogP contribution in [0.3, 0.4) is 0 Å². The first-order valence-corrected chi connectivity index (χ1v) is 7.91. The Balaban J connectivity index is 2.02. The predicted octanol–water partition coefficient (Wildman–Crippen LogP) is 3.86. The van der Waals surface area contributed by atoms with Gasteiger partial charge in [0, 0.05) is 23.4 Å². The van der Waals surface area contributed by atoms with E-state index in [1.54, 1.807) is 0 Å². The maximum Gasteiger partial charge on any atom is 0.304 e. The second kappa shape index (κ2) is 6.91. The molecule has 2 N–H and O–H groups in total. The molecule has 1 heterocycles. The zero-order valence-corrected chi connectivity index (χ0v) is 13.4. The van der Waals surface area contributed by atoms with Gasteiger partial charge in [0.1, 0.15) is 9.84 Å². The fourth-order valence-electron chi connectivity index (χ4n) is 1.65. The zero-order chi connectivity index (χ0) is 15.4. The minimum Gasteiger partial charge on any atom is -0.481 e. The standard InChI is InChI=1S/C14H16N2O3S2/c1-8(2)13-16-10-4-3-9(7-11(10)19-13)15-14(20)21-6-5-12(17)18/h3-4,7-8H,5-6H2,1-2H3,(H,15,20)(H,17,18). The van der Waals surface area contributed by atoms with E-state index in [9.17, 15) is 4.79 Å². The average molecular weight is 324 g/mol. The molecule has 0 spiro atoms. The van der Waals surface area contributed by atoms with Gasteiger partial charge in [-0.2, -0.15) is 0 Å². The van der Waals surface area contributed by atoms with Crippen molar-refractivity contribution in [2.45, 2.75) is 26.2 Å². The van der Waals surface area contributed by atoms with E-state index in [0.29, 0.717) is 21.5 Å². The van der Waals surface area contributed by atoms with Crippen molar-refractivity contribution in [2.24, 2.45) is 0 Å². The maximum absolute atomic E-state index is 10.4. The molecule has 0 fully saturated rings. The van der Waals surface area contributed by atoms with E-state index >= 15 is 0 Å². The molecule has 0 unspecified atom stereocenters. The summed E-state index contributed by atoms with van der Waals surface area (Å²) in [5, 5.41) is 11.6. The van der Waals surface area contributed by atoms with Crippen LogP contribution in [0.15, 0.2) is 22.6 Å². The van der Waals surface area contributed by atoms with Gasteiger partial charge in [-0.1, -0.05) is 37.8 Å². The van der Waals surface area contributed by atoms with Gasteiger partial charge in [-0.3, -0.25) is 4.79 Å². The molecule has 0 saturated heterocycles. The lowest BCUT2D eigenvalue weighted by Crippen LogP contribution is -2.06. The third kappa shape index (κ3) is 4.44. The first-order chi connectivity index (χ1) is 9.95. The number of hydrogen-bond acceptors (Lipinski definition) is 5. The first-order valence-electron chi connectivity index (χ1n) is 6.52. The molecule has 0 atom stereocenters. The number of aromatic nitrogens is 1. The summed E-state index contributed by atoms with van der Waals surface area (Å²) >= 11 is 6.48. The van der Waals surface area contributed by atoms with Gasteiger partial charge in [0.25, 0.3) is 0 Å². The Labute approximate surface area is 132 Å². The van der Waals surface area contributed by atoms with Crippen LogP contribution in [-0.4, -0.2) is 26.1 Å². The number of carboxylic acids is 1. The Morgan fingerprint density at radius 2 is 2.29 bits per heavy atom. The number of carbonyl (C=O) groups is 1. The highest BCUT2D eigenvalue weighted by Crippen LogP contribution is 2.24. The lowest BCUT2D eigenvalue weighted by Gasteiger charge is -2.06. The van der Waals surface area contributed by atoms with Crippen LogP contribution in [0.5, 0.6) is 0 Å². The van der Waals surface area contributed by atoms with Crippen molar-refractivity contribution in [1.82, 2.24) is 4.98 Å². The molecule has 0 aliphatic heterocycles. The van der Waals surface area contributed by atoms with E-state index in [2.05, 4.69) is 10.3 Å². The van der Waals surface area contributed by atoms with Gasteiger partial charge >= 0.3 is 5.97 Å². The first kappa shape index (κ1) is 15.8. The number of thioether (sulfide) groups is 1. The molecule has 0 aliphatic rings. The number of fused-ring (bicyclic) bond motifs is 1. The highest BCUT2D eigenvalue weighted by atomic mass is 32.2. The summed E-state index contributed by atoms with van der Waals surface area (Å²) in [4.78, 5) is 14.9. The van der Waals surface area contributed by atoms with Crippen molar-refractivity contribution >= 4 is 51.1 Å². The molecule has 0 saturated carbocycles. The van der Waals surface area contributed by atoms with Gasteiger partial charge < -0.3 is 14.8 Å². The van der Waals surface area contributed by atoms with Crippen molar-refractivity contribution in [1.29, 1.82) is 0 Å². The van der Waals surface area contributed by atoms with Crippen LogP contribution in [0.2, 0.25) is 0 Å². The summed E-state index contributed by atoms with van der Waals surface area (Å²) in [5.41, 5.74) is 2.33. The summed E-state index contributed by atoms with van der Waals surface area (Å²) in [6.45, 7) is 4.05. The fourth-order valence-corrected chi connectivity index (χ4v) is 2.67. The van der Waals surface area contributed by atoms with Crippen LogP contribution >= 0.6 is 24.0 Å². The second-order valence-corrected chi connectivity index (χ2v) is 6.57. The number of carboxylic acid groups (broad SMARTS) is 1. The molecule has 5 nitrogen and oxygen atoms in total. The van der Waals surface area contributed by atoms with Crippen LogP contribution in [-0.2, 0) is 4.79 Å². The predicted molar refractivity (Wildman–Crippen MR) is 89.0 cm³/mol. The molecule has 0 amide bonds. The van der Waals surface area contributed by atoms with Crippen LogP contribution in [0, 0.1) is 0 Å². The van der Waals surface area contributed by atoms with Crippen LogP contribution in [0.4, 0.5) is 5.69 Å². The Morgan fingerprint density at radius 1 is 1.52 bits per heavy atom. The summed E-state index contributed by atoms with van der Waals surface area (Å²) < 4.78 is 6.23. The molecule has 2 rings (SSSR count). The normalized spacial score (nSPS) is 11.0. The lowest BCUT2D eigenvalue weighted by atomic mass is 10.2. The quantitative estimate of drug-likeness (QED) is 0.809. The molecule has 21 heavy (non-hydrogen) atoms. The van der Waals surface area contributed by atoms with Gasteiger partial charge in [0.05, 0.1) is 6.42 Å². The van der Waals surface area contributed by atoms with Crippen LogP contribution in [0.1, 0.15) is 32.1 Å². The van der Waals surface area contributed by atoms with E-state index in [0.717, 1.165) is 11.2 Å². The van der Waals surface area contributed by atoms with Gasteiger partial charge in [-0.05, 0) is 12.1 Å². The Hall–Kier alpha value is -1.60. The summed E-state index contributed by atoms with van der Waals surface area (Å²) in [6, 6.07) is 5.59. The maximum atomic E-state index is 10.4. The van der Waals surface area contributed by atoms with E-state index in [-0.39, 0.29) is 12.3 Å². The molecule has 1 aromatic carbocycles. The third-order valence-corrected chi connectivity index (χ3v) is 3.92. The van der Waals surface area contributed by atoms with E-state index < -0.39 is 5.97 Å². The third-order valence-electron chi connectivity index (χ3n) is 2.69. The minimum absolute atomic E-state index is 0.0887. The molecule has 2 aromatic rings. The Kier molecular flexibility index (Phi) is 5.19. The van der Waals surface area contributed by atoms with Gasteiger partial charge in [-0.15, -0.1) is 0 Å². The minimum atomic E-state index is -0.824. The topological polar surface area (TPSA) is 75.4 Å². The molecule has 7 heteroatoms. The number of thiocarbonyl (C=S) groups is 1. The summed E-state index contributed by atoms with van der Waals surface area (Å²) in [5.74, 6) is 0.569. The number of rotatable bonds is 5. The Morgan fingerprint density at radius 3 is 2.95 bits per heavy atom.